The Morgan fingerprint density at radius 1 is 1.48 bits per heavy atom. The molecule has 2 aliphatic rings. The van der Waals surface area contributed by atoms with Gasteiger partial charge in [0, 0.05) is 20.0 Å². The molecule has 0 aromatic rings. The van der Waals surface area contributed by atoms with Crippen LogP contribution in [0.1, 0.15) is 27.2 Å². The van der Waals surface area contributed by atoms with E-state index in [-0.39, 0.29) is 30.6 Å². The molecule has 0 radical (unpaired) electrons. The van der Waals surface area contributed by atoms with E-state index >= 15 is 0 Å². The van der Waals surface area contributed by atoms with Gasteiger partial charge in [-0.2, -0.15) is 0 Å². The number of carbonyl (C=O) groups is 2. The lowest BCUT2D eigenvalue weighted by Gasteiger charge is -2.24. The van der Waals surface area contributed by atoms with Gasteiger partial charge in [-0.1, -0.05) is 19.9 Å². The molecule has 6 nitrogen and oxygen atoms in total. The lowest BCUT2D eigenvalue weighted by atomic mass is 10.0. The molecule has 2 unspecified atom stereocenters. The Bertz CT molecular complexity index is 445. The van der Waals surface area contributed by atoms with E-state index < -0.39 is 12.1 Å². The molecule has 0 aliphatic carbocycles. The van der Waals surface area contributed by atoms with Gasteiger partial charge in [0.2, 0.25) is 0 Å². The van der Waals surface area contributed by atoms with Gasteiger partial charge in [0.25, 0.3) is 0 Å². The molecule has 2 rings (SSSR count). The van der Waals surface area contributed by atoms with Crippen LogP contribution in [0.2, 0.25) is 0 Å². The van der Waals surface area contributed by atoms with Crippen molar-refractivity contribution in [1.29, 1.82) is 0 Å². The van der Waals surface area contributed by atoms with E-state index in [0.717, 1.165) is 25.1 Å². The molecule has 118 valence electrons. The van der Waals surface area contributed by atoms with Crippen molar-refractivity contribution in [2.75, 3.05) is 19.7 Å². The molecule has 0 spiro atoms. The van der Waals surface area contributed by atoms with Gasteiger partial charge in [-0.05, 0) is 17.9 Å². The minimum absolute atomic E-state index is 0.00195. The zero-order valence-corrected chi connectivity index (χ0v) is 12.7. The third-order valence-corrected chi connectivity index (χ3v) is 3.99. The second-order valence-electron chi connectivity index (χ2n) is 5.95. The third kappa shape index (κ3) is 3.63. The molecule has 1 saturated heterocycles. The van der Waals surface area contributed by atoms with E-state index in [1.165, 1.54) is 6.92 Å². The van der Waals surface area contributed by atoms with Crippen LogP contribution in [0.4, 0.5) is 0 Å². The topological polar surface area (TPSA) is 76.1 Å². The van der Waals surface area contributed by atoms with Gasteiger partial charge in [0.15, 0.2) is 6.10 Å². The maximum Gasteiger partial charge on any atom is 0.335 e. The van der Waals surface area contributed by atoms with Crippen molar-refractivity contribution in [2.24, 2.45) is 5.92 Å². The molecule has 0 aromatic carbocycles. The number of rotatable bonds is 5. The number of carbonyl (C=O) groups excluding carboxylic acids is 2. The van der Waals surface area contributed by atoms with Crippen LogP contribution in [0.25, 0.3) is 0 Å². The molecular formula is C15H23NO5. The van der Waals surface area contributed by atoms with Crippen molar-refractivity contribution in [2.45, 2.75) is 45.4 Å². The highest BCUT2D eigenvalue weighted by Crippen LogP contribution is 2.31. The van der Waals surface area contributed by atoms with Gasteiger partial charge in [0.05, 0.1) is 6.04 Å². The van der Waals surface area contributed by atoms with Crippen molar-refractivity contribution in [3.05, 3.63) is 11.6 Å². The molecule has 0 bridgehead atoms. The fraction of sp³-hybridized carbons (Fsp3) is 0.733. The Morgan fingerprint density at radius 2 is 2.19 bits per heavy atom. The quantitative estimate of drug-likeness (QED) is 0.588. The summed E-state index contributed by atoms with van der Waals surface area (Å²) in [7, 11) is 0. The summed E-state index contributed by atoms with van der Waals surface area (Å²) in [6, 6.07) is -0.00195. The summed E-state index contributed by atoms with van der Waals surface area (Å²) in [5.74, 6) is -1.07. The number of ether oxygens (including phenoxy) is 2. The Hall–Kier alpha value is -1.40. The minimum Gasteiger partial charge on any atom is -0.460 e. The average Bonchev–Trinajstić information content (AvgIpc) is 2.98. The summed E-state index contributed by atoms with van der Waals surface area (Å²) in [4.78, 5) is 25.0. The molecule has 1 fully saturated rings. The van der Waals surface area contributed by atoms with Gasteiger partial charge in [-0.15, -0.1) is 0 Å². The second kappa shape index (κ2) is 6.58. The van der Waals surface area contributed by atoms with E-state index in [2.05, 4.69) is 4.90 Å². The SMILES string of the molecule is CC(=O)O[C@@H]1CCN2CC=C(COC(=O)C(O)C(C)C)C12. The Morgan fingerprint density at radius 3 is 2.81 bits per heavy atom. The zero-order valence-electron chi connectivity index (χ0n) is 12.7. The lowest BCUT2D eigenvalue weighted by Crippen LogP contribution is -2.36. The smallest absolute Gasteiger partial charge is 0.335 e. The predicted molar refractivity (Wildman–Crippen MR) is 75.4 cm³/mol. The number of aliphatic hydroxyl groups is 1. The van der Waals surface area contributed by atoms with Crippen LogP contribution in [0.15, 0.2) is 11.6 Å². The van der Waals surface area contributed by atoms with Crippen molar-refractivity contribution in [3.63, 3.8) is 0 Å². The Balaban J connectivity index is 1.91. The highest BCUT2D eigenvalue weighted by Gasteiger charge is 2.41. The van der Waals surface area contributed by atoms with Crippen molar-refractivity contribution in [3.8, 4) is 0 Å². The van der Waals surface area contributed by atoms with Crippen LogP contribution < -0.4 is 0 Å². The predicted octanol–water partition coefficient (Wildman–Crippen LogP) is 0.492. The molecule has 21 heavy (non-hydrogen) atoms. The monoisotopic (exact) mass is 297 g/mol. The fourth-order valence-electron chi connectivity index (χ4n) is 2.85. The van der Waals surface area contributed by atoms with Gasteiger partial charge in [-0.25, -0.2) is 4.79 Å². The third-order valence-electron chi connectivity index (χ3n) is 3.99. The van der Waals surface area contributed by atoms with Crippen LogP contribution in [-0.2, 0) is 19.1 Å². The largest absolute Gasteiger partial charge is 0.460 e. The van der Waals surface area contributed by atoms with Crippen LogP contribution in [0.5, 0.6) is 0 Å². The number of aliphatic hydroxyl groups excluding tert-OH is 1. The summed E-state index contributed by atoms with van der Waals surface area (Å²) in [6.45, 7) is 6.71. The molecule has 6 heteroatoms. The van der Waals surface area contributed by atoms with Crippen molar-refractivity contribution >= 4 is 11.9 Å². The summed E-state index contributed by atoms with van der Waals surface area (Å²) >= 11 is 0. The van der Waals surface area contributed by atoms with Crippen LogP contribution in [0.3, 0.4) is 0 Å². The van der Waals surface area contributed by atoms with Gasteiger partial charge in [0.1, 0.15) is 12.7 Å². The van der Waals surface area contributed by atoms with Crippen molar-refractivity contribution < 1.29 is 24.2 Å². The summed E-state index contributed by atoms with van der Waals surface area (Å²) < 4.78 is 10.5. The zero-order chi connectivity index (χ0) is 15.6. The number of nitrogens with zero attached hydrogens (tertiary/aromatic N) is 1. The first-order chi connectivity index (χ1) is 9.90. The normalized spacial score (nSPS) is 26.4. The van der Waals surface area contributed by atoms with Crippen LogP contribution in [0, 0.1) is 5.92 Å². The van der Waals surface area contributed by atoms with E-state index in [4.69, 9.17) is 9.47 Å². The van der Waals surface area contributed by atoms with E-state index in [1.54, 1.807) is 13.8 Å². The molecule has 2 heterocycles. The molecular weight excluding hydrogens is 274 g/mol. The van der Waals surface area contributed by atoms with Crippen LogP contribution >= 0.6 is 0 Å². The Kier molecular flexibility index (Phi) is 5.00. The first-order valence-electron chi connectivity index (χ1n) is 7.35. The molecule has 0 saturated carbocycles. The number of hydrogen-bond acceptors (Lipinski definition) is 6. The molecule has 3 atom stereocenters. The number of esters is 2. The van der Waals surface area contributed by atoms with Crippen molar-refractivity contribution in [1.82, 2.24) is 4.90 Å². The minimum atomic E-state index is -1.10. The van der Waals surface area contributed by atoms with E-state index in [0.29, 0.717) is 0 Å². The first-order valence-corrected chi connectivity index (χ1v) is 7.35. The highest BCUT2D eigenvalue weighted by atomic mass is 16.6. The Labute approximate surface area is 124 Å². The van der Waals surface area contributed by atoms with E-state index in [1.807, 2.05) is 6.08 Å². The van der Waals surface area contributed by atoms with Crippen LogP contribution in [-0.4, -0.2) is 59.9 Å². The molecule has 0 aromatic heterocycles. The second-order valence-corrected chi connectivity index (χ2v) is 5.95. The molecule has 0 amide bonds. The van der Waals surface area contributed by atoms with E-state index in [9.17, 15) is 14.7 Å². The maximum absolute atomic E-state index is 11.7. The highest BCUT2D eigenvalue weighted by molar-refractivity contribution is 5.74. The lowest BCUT2D eigenvalue weighted by molar-refractivity contribution is -0.155. The maximum atomic E-state index is 11.7. The fourth-order valence-corrected chi connectivity index (χ4v) is 2.85. The number of fused-ring (bicyclic) bond motifs is 1. The summed E-state index contributed by atoms with van der Waals surface area (Å²) in [6.07, 6.45) is 1.53. The van der Waals surface area contributed by atoms with Gasteiger partial charge in [-0.3, -0.25) is 9.69 Å². The van der Waals surface area contributed by atoms with Gasteiger partial charge >= 0.3 is 11.9 Å². The number of hydrogen-bond donors (Lipinski definition) is 1. The molecule has 1 N–H and O–H groups in total. The standard InChI is InChI=1S/C15H23NO5/c1-9(2)14(18)15(19)20-8-11-4-6-16-7-5-12(13(11)16)21-10(3)17/h4,9,12-14,18H,5-8H2,1-3H3/t12-,13?,14?/m1/s1. The summed E-state index contributed by atoms with van der Waals surface area (Å²) in [5.41, 5.74) is 0.947. The van der Waals surface area contributed by atoms with Gasteiger partial charge < -0.3 is 14.6 Å². The summed E-state index contributed by atoms with van der Waals surface area (Å²) in [5, 5.41) is 9.65. The average molecular weight is 297 g/mol. The molecule has 2 aliphatic heterocycles. The first kappa shape index (κ1) is 16.0.